The van der Waals surface area contributed by atoms with Crippen molar-refractivity contribution in [3.8, 4) is 17.3 Å². The lowest BCUT2D eigenvalue weighted by atomic mass is 10.1. The number of aromatic nitrogens is 4. The molecular weight excluding hydrogens is 548 g/mol. The molecule has 0 aliphatic heterocycles. The molecule has 216 valence electrons. The molecule has 0 aliphatic carbocycles. The first-order valence-electron chi connectivity index (χ1n) is 12.7. The number of hydrogen-bond donors (Lipinski definition) is 6. The average Bonchev–Trinajstić information content (AvgIpc) is 3.00. The van der Waals surface area contributed by atoms with E-state index >= 15 is 0 Å². The molecule has 0 fully saturated rings. The van der Waals surface area contributed by atoms with E-state index in [0.29, 0.717) is 11.3 Å². The van der Waals surface area contributed by atoms with E-state index in [9.17, 15) is 23.9 Å². The van der Waals surface area contributed by atoms with Crippen LogP contribution in [0.1, 0.15) is 40.3 Å². The molecule has 4 aromatic rings. The highest BCUT2D eigenvalue weighted by Crippen LogP contribution is 2.23. The summed E-state index contributed by atoms with van der Waals surface area (Å²) in [6.45, 7) is 1.49. The summed E-state index contributed by atoms with van der Waals surface area (Å²) < 4.78 is 27.0. The Bertz CT molecular complexity index is 1610. The lowest BCUT2D eigenvalue weighted by molar-refractivity contribution is 0.0935. The largest absolute Gasteiger partial charge is 0.394 e. The number of nitrogens with one attached hydrogen (secondary N) is 3. The Morgan fingerprint density at radius 2 is 1.81 bits per heavy atom. The van der Waals surface area contributed by atoms with Gasteiger partial charge in [0, 0.05) is 18.7 Å². The van der Waals surface area contributed by atoms with E-state index in [0.717, 1.165) is 23.3 Å². The van der Waals surface area contributed by atoms with Gasteiger partial charge in [0.1, 0.15) is 6.07 Å². The number of benzene rings is 2. The zero-order chi connectivity index (χ0) is 30.2. The van der Waals surface area contributed by atoms with E-state index in [4.69, 9.17) is 10.8 Å². The molecule has 42 heavy (non-hydrogen) atoms. The van der Waals surface area contributed by atoms with E-state index in [1.807, 2.05) is 30.3 Å². The number of carbonyl (C=O) groups is 1. The van der Waals surface area contributed by atoms with Crippen LogP contribution in [0.25, 0.3) is 11.3 Å². The number of nitrogens with two attached hydrogens (primary N) is 1. The molecule has 12 nitrogen and oxygen atoms in total. The maximum atomic E-state index is 13.7. The van der Waals surface area contributed by atoms with Crippen LogP contribution in [-0.2, 0) is 6.54 Å². The minimum Gasteiger partial charge on any atom is -0.394 e. The monoisotopic (exact) mass is 575 g/mol. The standard InChI is InChI=1S/C28H27F2N9O3/c1-15(18-6-7-21(29)22(30)8-18)37-28(42)24-26(35-11-19(9-31)38-24)34-10-16-2-4-17(5-3-16)23-13-33-25(32)27(39-23)36-12-20(41)14-40/h2-8,11,13,15,20,40-41H,10,12,14H2,1H3,(H2,32,33)(H,34,35)(H,36,39)(H,37,42)/t15-,20?/m0/s1. The fraction of sp³-hybridized carbons (Fsp3) is 0.214. The number of halogens is 2. The van der Waals surface area contributed by atoms with Crippen molar-refractivity contribution in [2.75, 3.05) is 29.5 Å². The predicted octanol–water partition coefficient (Wildman–Crippen LogP) is 2.53. The van der Waals surface area contributed by atoms with E-state index < -0.39 is 36.3 Å². The number of nitrogens with zero attached hydrogens (tertiary/aromatic N) is 5. The minimum absolute atomic E-state index is 0.0470. The van der Waals surface area contributed by atoms with E-state index in [1.165, 1.54) is 18.5 Å². The van der Waals surface area contributed by atoms with Gasteiger partial charge in [-0.2, -0.15) is 5.26 Å². The fourth-order valence-electron chi connectivity index (χ4n) is 3.79. The van der Waals surface area contributed by atoms with Gasteiger partial charge in [-0.3, -0.25) is 4.79 Å². The van der Waals surface area contributed by atoms with Crippen LogP contribution < -0.4 is 21.7 Å². The van der Waals surface area contributed by atoms with Gasteiger partial charge >= 0.3 is 0 Å². The smallest absolute Gasteiger partial charge is 0.274 e. The van der Waals surface area contributed by atoms with E-state index in [2.05, 4.69) is 35.9 Å². The van der Waals surface area contributed by atoms with Crippen LogP contribution in [0.4, 0.5) is 26.2 Å². The van der Waals surface area contributed by atoms with Crippen molar-refractivity contribution in [2.24, 2.45) is 0 Å². The third-order valence-corrected chi connectivity index (χ3v) is 6.12. The molecule has 2 aromatic carbocycles. The summed E-state index contributed by atoms with van der Waals surface area (Å²) in [5, 5.41) is 36.4. The normalized spacial score (nSPS) is 12.2. The van der Waals surface area contributed by atoms with Crippen molar-refractivity contribution in [1.29, 1.82) is 5.26 Å². The minimum atomic E-state index is -1.04. The molecule has 0 saturated carbocycles. The lowest BCUT2D eigenvalue weighted by Crippen LogP contribution is -2.29. The number of rotatable bonds is 11. The number of amides is 1. The van der Waals surface area contributed by atoms with Crippen LogP contribution in [-0.4, -0.2) is 55.3 Å². The predicted molar refractivity (Wildman–Crippen MR) is 150 cm³/mol. The molecule has 0 spiro atoms. The second-order valence-electron chi connectivity index (χ2n) is 9.19. The molecule has 0 saturated heterocycles. The molecule has 2 atom stereocenters. The summed E-state index contributed by atoms with van der Waals surface area (Å²) in [7, 11) is 0. The van der Waals surface area contributed by atoms with Gasteiger partial charge in [-0.05, 0) is 30.2 Å². The van der Waals surface area contributed by atoms with Gasteiger partial charge in [0.25, 0.3) is 5.91 Å². The van der Waals surface area contributed by atoms with Gasteiger partial charge in [0.15, 0.2) is 40.5 Å². The quantitative estimate of drug-likeness (QED) is 0.154. The van der Waals surface area contributed by atoms with Crippen molar-refractivity contribution in [1.82, 2.24) is 25.3 Å². The van der Waals surface area contributed by atoms with Crippen molar-refractivity contribution in [3.05, 3.63) is 89.0 Å². The summed E-state index contributed by atoms with van der Waals surface area (Å²) in [6, 6.07) is 11.8. The fourth-order valence-corrected chi connectivity index (χ4v) is 3.79. The van der Waals surface area contributed by atoms with E-state index in [-0.39, 0.29) is 41.9 Å². The first kappa shape index (κ1) is 29.7. The van der Waals surface area contributed by atoms with Gasteiger partial charge in [0.2, 0.25) is 0 Å². The summed E-state index contributed by atoms with van der Waals surface area (Å²) in [4.78, 5) is 29.9. The van der Waals surface area contributed by atoms with Gasteiger partial charge in [0.05, 0.1) is 36.8 Å². The molecule has 4 rings (SSSR count). The first-order valence-corrected chi connectivity index (χ1v) is 12.7. The average molecular weight is 576 g/mol. The number of nitrogen functional groups attached to an aromatic ring is 1. The van der Waals surface area contributed by atoms with Crippen molar-refractivity contribution < 1.29 is 23.8 Å². The van der Waals surface area contributed by atoms with Gasteiger partial charge in [-0.25, -0.2) is 28.7 Å². The van der Waals surface area contributed by atoms with Crippen LogP contribution >= 0.6 is 0 Å². The maximum Gasteiger partial charge on any atom is 0.274 e. The Morgan fingerprint density at radius 1 is 1.05 bits per heavy atom. The molecule has 2 aromatic heterocycles. The van der Waals surface area contributed by atoms with E-state index in [1.54, 1.807) is 6.92 Å². The molecule has 7 N–H and O–H groups in total. The number of aliphatic hydroxyl groups excluding tert-OH is 2. The van der Waals surface area contributed by atoms with Crippen molar-refractivity contribution >= 4 is 23.4 Å². The molecule has 0 bridgehead atoms. The van der Waals surface area contributed by atoms with Crippen LogP contribution in [0, 0.1) is 23.0 Å². The number of carbonyl (C=O) groups excluding carboxylic acids is 1. The zero-order valence-electron chi connectivity index (χ0n) is 22.3. The van der Waals surface area contributed by atoms with Crippen molar-refractivity contribution in [2.45, 2.75) is 25.6 Å². The number of hydrogen-bond acceptors (Lipinski definition) is 11. The van der Waals surface area contributed by atoms with Gasteiger partial charge < -0.3 is 31.9 Å². The number of anilines is 3. The highest BCUT2D eigenvalue weighted by atomic mass is 19.2. The Hall–Kier alpha value is -5.26. The molecular formula is C28H27F2N9O3. The molecule has 0 aliphatic rings. The third-order valence-electron chi connectivity index (χ3n) is 6.12. The second kappa shape index (κ2) is 13.4. The number of aliphatic hydroxyl groups is 2. The van der Waals surface area contributed by atoms with Gasteiger partial charge in [-0.15, -0.1) is 0 Å². The summed E-state index contributed by atoms with van der Waals surface area (Å²) in [5.74, 6) is -2.15. The van der Waals surface area contributed by atoms with Crippen molar-refractivity contribution in [3.63, 3.8) is 0 Å². The molecule has 2 heterocycles. The van der Waals surface area contributed by atoms with Crippen LogP contribution in [0.15, 0.2) is 54.9 Å². The summed E-state index contributed by atoms with van der Waals surface area (Å²) in [5.41, 5.74) is 8.08. The van der Waals surface area contributed by atoms with Gasteiger partial charge in [-0.1, -0.05) is 30.3 Å². The second-order valence-corrected chi connectivity index (χ2v) is 9.19. The first-order chi connectivity index (χ1) is 20.2. The Morgan fingerprint density at radius 3 is 2.50 bits per heavy atom. The summed E-state index contributed by atoms with van der Waals surface area (Å²) >= 11 is 0. The lowest BCUT2D eigenvalue weighted by Gasteiger charge is -2.16. The third kappa shape index (κ3) is 7.27. The Kier molecular flexibility index (Phi) is 9.48. The molecule has 1 amide bonds. The Balaban J connectivity index is 1.46. The molecule has 0 radical (unpaired) electrons. The SMILES string of the molecule is C[C@H](NC(=O)c1nc(C#N)cnc1NCc1ccc(-c2cnc(N)c(NCC(O)CO)n2)cc1)c1ccc(F)c(F)c1. The van der Waals surface area contributed by atoms with Crippen LogP contribution in [0.2, 0.25) is 0 Å². The zero-order valence-corrected chi connectivity index (χ0v) is 22.3. The van der Waals surface area contributed by atoms with Crippen LogP contribution in [0.3, 0.4) is 0 Å². The summed E-state index contributed by atoms with van der Waals surface area (Å²) in [6.07, 6.45) is 1.76. The Labute approximate surface area is 239 Å². The molecule has 1 unspecified atom stereocenters. The maximum absolute atomic E-state index is 13.7. The topological polar surface area (TPSA) is 195 Å². The molecule has 14 heteroatoms. The highest BCUT2D eigenvalue weighted by Gasteiger charge is 2.20. The highest BCUT2D eigenvalue weighted by molar-refractivity contribution is 5.97. The number of nitriles is 1. The van der Waals surface area contributed by atoms with Crippen LogP contribution in [0.5, 0.6) is 0 Å².